The predicted octanol–water partition coefficient (Wildman–Crippen LogP) is 3.57. The number of methoxy groups -OCH3 is 1. The number of benzene rings is 1. The van der Waals surface area contributed by atoms with Crippen molar-refractivity contribution in [2.45, 2.75) is 11.0 Å². The number of aliphatic hydroxyl groups excluding tert-OH is 1. The Bertz CT molecular complexity index is 533. The van der Waals surface area contributed by atoms with Gasteiger partial charge in [-0.2, -0.15) is 0 Å². The van der Waals surface area contributed by atoms with Gasteiger partial charge in [0.1, 0.15) is 17.5 Å². The van der Waals surface area contributed by atoms with Gasteiger partial charge in [-0.15, -0.1) is 11.8 Å². The van der Waals surface area contributed by atoms with Crippen LogP contribution in [-0.4, -0.2) is 23.0 Å². The van der Waals surface area contributed by atoms with Gasteiger partial charge < -0.3 is 9.84 Å². The number of rotatable bonds is 5. The Morgan fingerprint density at radius 2 is 2.05 bits per heavy atom. The normalized spacial score (nSPS) is 12.2. The van der Waals surface area contributed by atoms with Crippen LogP contribution in [0.2, 0.25) is 5.02 Å². The van der Waals surface area contributed by atoms with Crippen molar-refractivity contribution in [1.82, 2.24) is 4.98 Å². The first-order valence-corrected chi connectivity index (χ1v) is 7.12. The fraction of sp³-hybridized carbons (Fsp3) is 0.214. The Kier molecular flexibility index (Phi) is 5.07. The van der Waals surface area contributed by atoms with Crippen molar-refractivity contribution < 1.29 is 9.84 Å². The summed E-state index contributed by atoms with van der Waals surface area (Å²) in [5, 5.41) is 10.9. The number of aromatic nitrogens is 1. The van der Waals surface area contributed by atoms with Crippen molar-refractivity contribution in [2.24, 2.45) is 0 Å². The summed E-state index contributed by atoms with van der Waals surface area (Å²) < 4.78 is 5.19. The van der Waals surface area contributed by atoms with E-state index in [0.29, 0.717) is 22.2 Å². The Hall–Kier alpha value is -1.23. The zero-order chi connectivity index (χ0) is 13.7. The second-order valence-corrected chi connectivity index (χ2v) is 5.40. The lowest BCUT2D eigenvalue weighted by atomic mass is 10.2. The van der Waals surface area contributed by atoms with Gasteiger partial charge in [0.05, 0.1) is 7.11 Å². The molecule has 3 nitrogen and oxygen atoms in total. The summed E-state index contributed by atoms with van der Waals surface area (Å²) in [6, 6.07) is 11.1. The lowest BCUT2D eigenvalue weighted by molar-refractivity contribution is 0.193. The molecule has 2 rings (SSSR count). The minimum absolute atomic E-state index is 0.509. The maximum Gasteiger partial charge on any atom is 0.143 e. The van der Waals surface area contributed by atoms with Crippen molar-refractivity contribution in [3.8, 4) is 5.75 Å². The molecule has 100 valence electrons. The number of nitrogens with zero attached hydrogens (tertiary/aromatic N) is 1. The summed E-state index contributed by atoms with van der Waals surface area (Å²) in [5.41, 5.74) is 0.562. The van der Waals surface area contributed by atoms with E-state index >= 15 is 0 Å². The third kappa shape index (κ3) is 3.86. The van der Waals surface area contributed by atoms with Crippen molar-refractivity contribution in [3.63, 3.8) is 0 Å². The average molecular weight is 296 g/mol. The predicted molar refractivity (Wildman–Crippen MR) is 77.9 cm³/mol. The van der Waals surface area contributed by atoms with E-state index in [1.54, 1.807) is 37.2 Å². The van der Waals surface area contributed by atoms with Crippen LogP contribution >= 0.6 is 23.4 Å². The highest BCUT2D eigenvalue weighted by Crippen LogP contribution is 2.28. The molecule has 0 amide bonds. The van der Waals surface area contributed by atoms with Crippen LogP contribution in [0.4, 0.5) is 0 Å². The van der Waals surface area contributed by atoms with E-state index in [-0.39, 0.29) is 0 Å². The van der Waals surface area contributed by atoms with E-state index in [2.05, 4.69) is 4.98 Å². The van der Waals surface area contributed by atoms with Gasteiger partial charge in [-0.05, 0) is 36.4 Å². The molecule has 2 aromatic rings. The molecule has 0 aliphatic carbocycles. The molecule has 1 heterocycles. The smallest absolute Gasteiger partial charge is 0.143 e. The standard InChI is InChI=1S/C14H14ClNO2S/c1-18-13-3-2-8-16-14(13)12(17)9-19-11-6-4-10(15)5-7-11/h2-8,12,17H,9H2,1H3. The van der Waals surface area contributed by atoms with E-state index < -0.39 is 6.10 Å². The fourth-order valence-corrected chi connectivity index (χ4v) is 2.57. The topological polar surface area (TPSA) is 42.4 Å². The van der Waals surface area contributed by atoms with Crippen molar-refractivity contribution in [2.75, 3.05) is 12.9 Å². The third-order valence-corrected chi connectivity index (χ3v) is 3.90. The molecule has 0 spiro atoms. The van der Waals surface area contributed by atoms with Gasteiger partial charge in [0.2, 0.25) is 0 Å². The first kappa shape index (κ1) is 14.2. The number of halogens is 1. The van der Waals surface area contributed by atoms with Crippen molar-refractivity contribution >= 4 is 23.4 Å². The quantitative estimate of drug-likeness (QED) is 0.856. The monoisotopic (exact) mass is 295 g/mol. The Morgan fingerprint density at radius 1 is 1.32 bits per heavy atom. The molecule has 0 saturated carbocycles. The van der Waals surface area contributed by atoms with Crippen LogP contribution in [0.5, 0.6) is 5.75 Å². The first-order chi connectivity index (χ1) is 9.20. The van der Waals surface area contributed by atoms with Crippen LogP contribution in [0.1, 0.15) is 11.8 Å². The molecule has 0 aliphatic heterocycles. The van der Waals surface area contributed by atoms with Crippen LogP contribution in [-0.2, 0) is 0 Å². The van der Waals surface area contributed by atoms with Gasteiger partial charge in [-0.3, -0.25) is 4.98 Å². The molecule has 0 radical (unpaired) electrons. The largest absolute Gasteiger partial charge is 0.495 e. The Labute approximate surface area is 121 Å². The zero-order valence-electron chi connectivity index (χ0n) is 10.4. The molecular weight excluding hydrogens is 282 g/mol. The van der Waals surface area contributed by atoms with E-state index in [1.165, 1.54) is 0 Å². The maximum atomic E-state index is 10.2. The number of pyridine rings is 1. The van der Waals surface area contributed by atoms with Gasteiger partial charge >= 0.3 is 0 Å². The summed E-state index contributed by atoms with van der Waals surface area (Å²) in [6.07, 6.45) is 0.977. The van der Waals surface area contributed by atoms with E-state index in [9.17, 15) is 5.11 Å². The van der Waals surface area contributed by atoms with Crippen LogP contribution in [0.3, 0.4) is 0 Å². The van der Waals surface area contributed by atoms with Gasteiger partial charge in [0.25, 0.3) is 0 Å². The molecule has 1 N–H and O–H groups in total. The molecule has 0 fully saturated rings. The molecule has 19 heavy (non-hydrogen) atoms. The molecule has 1 atom stereocenters. The van der Waals surface area contributed by atoms with Crippen LogP contribution in [0.15, 0.2) is 47.5 Å². The number of thioether (sulfide) groups is 1. The maximum absolute atomic E-state index is 10.2. The fourth-order valence-electron chi connectivity index (χ4n) is 1.61. The lowest BCUT2D eigenvalue weighted by Gasteiger charge is -2.13. The lowest BCUT2D eigenvalue weighted by Crippen LogP contribution is -2.05. The minimum Gasteiger partial charge on any atom is -0.495 e. The number of hydrogen-bond donors (Lipinski definition) is 1. The van der Waals surface area contributed by atoms with Crippen LogP contribution in [0, 0.1) is 0 Å². The van der Waals surface area contributed by atoms with E-state index in [0.717, 1.165) is 4.90 Å². The molecule has 0 aliphatic rings. The first-order valence-electron chi connectivity index (χ1n) is 5.76. The summed E-state index contributed by atoms with van der Waals surface area (Å²) in [4.78, 5) is 5.22. The summed E-state index contributed by atoms with van der Waals surface area (Å²) in [5.74, 6) is 1.11. The van der Waals surface area contributed by atoms with Crippen LogP contribution in [0.25, 0.3) is 0 Å². The van der Waals surface area contributed by atoms with Crippen molar-refractivity contribution in [3.05, 3.63) is 53.3 Å². The number of aliphatic hydroxyl groups is 1. The average Bonchev–Trinajstić information content (AvgIpc) is 2.46. The molecule has 5 heteroatoms. The molecule has 1 aromatic heterocycles. The second kappa shape index (κ2) is 6.80. The molecule has 0 bridgehead atoms. The minimum atomic E-state index is -0.670. The number of ether oxygens (including phenoxy) is 1. The highest BCUT2D eigenvalue weighted by Gasteiger charge is 2.14. The van der Waals surface area contributed by atoms with Gasteiger partial charge in [0.15, 0.2) is 0 Å². The Morgan fingerprint density at radius 3 is 2.74 bits per heavy atom. The molecule has 1 unspecified atom stereocenters. The van der Waals surface area contributed by atoms with Gasteiger partial charge in [-0.25, -0.2) is 0 Å². The van der Waals surface area contributed by atoms with Gasteiger partial charge in [-0.1, -0.05) is 11.6 Å². The van der Waals surface area contributed by atoms with E-state index in [4.69, 9.17) is 16.3 Å². The molecule has 0 saturated heterocycles. The highest BCUT2D eigenvalue weighted by molar-refractivity contribution is 7.99. The highest BCUT2D eigenvalue weighted by atomic mass is 35.5. The second-order valence-electron chi connectivity index (χ2n) is 3.87. The van der Waals surface area contributed by atoms with Gasteiger partial charge in [0, 0.05) is 21.9 Å². The zero-order valence-corrected chi connectivity index (χ0v) is 12.0. The van der Waals surface area contributed by atoms with Crippen LogP contribution < -0.4 is 4.74 Å². The Balaban J connectivity index is 2.01. The molecular formula is C14H14ClNO2S. The SMILES string of the molecule is COc1cccnc1C(O)CSc1ccc(Cl)cc1. The number of hydrogen-bond acceptors (Lipinski definition) is 4. The summed E-state index contributed by atoms with van der Waals surface area (Å²) >= 11 is 7.37. The van der Waals surface area contributed by atoms with Crippen molar-refractivity contribution in [1.29, 1.82) is 0 Å². The van der Waals surface area contributed by atoms with E-state index in [1.807, 2.05) is 24.3 Å². The molecule has 1 aromatic carbocycles. The summed E-state index contributed by atoms with van der Waals surface area (Å²) in [7, 11) is 1.57. The third-order valence-electron chi connectivity index (χ3n) is 2.56. The summed E-state index contributed by atoms with van der Waals surface area (Å²) in [6.45, 7) is 0.